The van der Waals surface area contributed by atoms with E-state index < -0.39 is 0 Å². The first-order valence-corrected chi connectivity index (χ1v) is 8.65. The monoisotopic (exact) mass is 308 g/mol. The summed E-state index contributed by atoms with van der Waals surface area (Å²) in [5, 5.41) is 4.12. The van der Waals surface area contributed by atoms with Crippen molar-refractivity contribution in [1.82, 2.24) is 10.4 Å². The van der Waals surface area contributed by atoms with Gasteiger partial charge in [-0.15, -0.1) is 0 Å². The molecule has 1 amide bonds. The third-order valence-corrected chi connectivity index (χ3v) is 5.69. The van der Waals surface area contributed by atoms with Gasteiger partial charge in [0.15, 0.2) is 0 Å². The van der Waals surface area contributed by atoms with E-state index in [1.807, 2.05) is 12.1 Å². The number of hydrogen-bond donors (Lipinski definition) is 1. The zero-order valence-electron chi connectivity index (χ0n) is 11.0. The van der Waals surface area contributed by atoms with E-state index in [-0.39, 0.29) is 5.91 Å². The van der Waals surface area contributed by atoms with Gasteiger partial charge in [-0.3, -0.25) is 9.78 Å². The van der Waals surface area contributed by atoms with Gasteiger partial charge in [0.25, 0.3) is 5.91 Å². The molecule has 2 aliphatic rings. The molecule has 0 atom stereocenters. The summed E-state index contributed by atoms with van der Waals surface area (Å²) in [4.78, 5) is 18.5. The molecule has 3 rings (SSSR count). The zero-order chi connectivity index (χ0) is 13.8. The molecule has 7 heteroatoms. The van der Waals surface area contributed by atoms with Gasteiger partial charge in [0.1, 0.15) is 10.1 Å². The van der Waals surface area contributed by atoms with Gasteiger partial charge in [0, 0.05) is 36.5 Å². The second-order valence-electron chi connectivity index (χ2n) is 4.61. The van der Waals surface area contributed by atoms with Crippen molar-refractivity contribution in [3.8, 4) is 0 Å². The molecule has 1 N–H and O–H groups in total. The minimum absolute atomic E-state index is 0.244. The maximum Gasteiger partial charge on any atom is 0.290 e. The van der Waals surface area contributed by atoms with Crippen molar-refractivity contribution in [1.29, 1.82) is 0 Å². The first-order valence-electron chi connectivity index (χ1n) is 6.67. The van der Waals surface area contributed by atoms with E-state index in [0.717, 1.165) is 34.7 Å². The van der Waals surface area contributed by atoms with Crippen LogP contribution in [0, 0.1) is 0 Å². The summed E-state index contributed by atoms with van der Waals surface area (Å²) in [6.07, 6.45) is 4.12. The molecule has 2 saturated heterocycles. The van der Waals surface area contributed by atoms with Crippen LogP contribution in [0.15, 0.2) is 23.4 Å². The van der Waals surface area contributed by atoms with E-state index in [9.17, 15) is 4.79 Å². The summed E-state index contributed by atoms with van der Waals surface area (Å²) in [5.74, 6) is 1.87. The van der Waals surface area contributed by atoms with E-state index >= 15 is 0 Å². The highest BCUT2D eigenvalue weighted by Gasteiger charge is 2.15. The minimum Gasteiger partial charge on any atom is -0.371 e. The van der Waals surface area contributed by atoms with E-state index in [1.165, 1.54) is 12.8 Å². The molecule has 2 fully saturated rings. The molecule has 2 aliphatic heterocycles. The number of amides is 1. The van der Waals surface area contributed by atoms with Gasteiger partial charge in [-0.2, -0.15) is 5.10 Å². The summed E-state index contributed by atoms with van der Waals surface area (Å²) in [7, 11) is 0. The second-order valence-corrected chi connectivity index (χ2v) is 7.03. The molecular formula is C13H16N4OS2. The fraction of sp³-hybridized carbons (Fsp3) is 0.462. The molecule has 0 aliphatic carbocycles. The quantitative estimate of drug-likeness (QED) is 0.867. The molecule has 3 heterocycles. The Balaban J connectivity index is 1.67. The maximum absolute atomic E-state index is 12.1. The van der Waals surface area contributed by atoms with Crippen LogP contribution in [0.4, 0.5) is 5.69 Å². The lowest BCUT2D eigenvalue weighted by molar-refractivity contribution is 0.0950. The van der Waals surface area contributed by atoms with Gasteiger partial charge in [-0.05, 0) is 25.0 Å². The molecule has 1 aromatic rings. The van der Waals surface area contributed by atoms with Crippen molar-refractivity contribution in [3.63, 3.8) is 0 Å². The highest BCUT2D eigenvalue weighted by Crippen LogP contribution is 2.25. The average molecular weight is 308 g/mol. The SMILES string of the molecule is O=C(NN=C1SCCS1)c1cc(N2CCCC2)ccn1. The van der Waals surface area contributed by atoms with Crippen molar-refractivity contribution in [3.05, 3.63) is 24.0 Å². The van der Waals surface area contributed by atoms with E-state index in [1.54, 1.807) is 29.7 Å². The molecule has 5 nitrogen and oxygen atoms in total. The van der Waals surface area contributed by atoms with Crippen LogP contribution in [0.25, 0.3) is 0 Å². The van der Waals surface area contributed by atoms with Crippen molar-refractivity contribution >= 4 is 39.5 Å². The van der Waals surface area contributed by atoms with Gasteiger partial charge in [-0.25, -0.2) is 5.43 Å². The Morgan fingerprint density at radius 1 is 1.30 bits per heavy atom. The second kappa shape index (κ2) is 6.49. The lowest BCUT2D eigenvalue weighted by Gasteiger charge is -2.17. The van der Waals surface area contributed by atoms with E-state index in [0.29, 0.717) is 5.69 Å². The zero-order valence-corrected chi connectivity index (χ0v) is 12.7. The van der Waals surface area contributed by atoms with Crippen LogP contribution >= 0.6 is 23.5 Å². The van der Waals surface area contributed by atoms with Crippen LogP contribution in [0.2, 0.25) is 0 Å². The number of thioether (sulfide) groups is 2. The molecule has 1 aromatic heterocycles. The average Bonchev–Trinajstić information content (AvgIpc) is 3.18. The van der Waals surface area contributed by atoms with Gasteiger partial charge in [-0.1, -0.05) is 23.5 Å². The highest BCUT2D eigenvalue weighted by atomic mass is 32.2. The minimum atomic E-state index is -0.244. The highest BCUT2D eigenvalue weighted by molar-refractivity contribution is 8.41. The van der Waals surface area contributed by atoms with Crippen LogP contribution in [0.3, 0.4) is 0 Å². The number of nitrogens with one attached hydrogen (secondary N) is 1. The molecule has 0 unspecified atom stereocenters. The Hall–Kier alpha value is -1.21. The molecule has 106 valence electrons. The van der Waals surface area contributed by atoms with Gasteiger partial charge in [0.2, 0.25) is 0 Å². The molecule has 20 heavy (non-hydrogen) atoms. The number of hydrogen-bond acceptors (Lipinski definition) is 6. The van der Waals surface area contributed by atoms with Crippen molar-refractivity contribution < 1.29 is 4.79 Å². The summed E-state index contributed by atoms with van der Waals surface area (Å²) in [6, 6.07) is 3.80. The first-order chi connectivity index (χ1) is 9.83. The van der Waals surface area contributed by atoms with E-state index in [2.05, 4.69) is 20.4 Å². The molecular weight excluding hydrogens is 292 g/mol. The Morgan fingerprint density at radius 2 is 2.05 bits per heavy atom. The summed E-state index contributed by atoms with van der Waals surface area (Å²) < 4.78 is 0.925. The summed E-state index contributed by atoms with van der Waals surface area (Å²) in [6.45, 7) is 2.11. The number of carbonyl (C=O) groups is 1. The molecule has 0 aromatic carbocycles. The van der Waals surface area contributed by atoms with Crippen LogP contribution in [-0.4, -0.2) is 39.9 Å². The van der Waals surface area contributed by atoms with Crippen molar-refractivity contribution in [2.45, 2.75) is 12.8 Å². The summed E-state index contributed by atoms with van der Waals surface area (Å²) >= 11 is 3.35. The number of rotatable bonds is 3. The largest absolute Gasteiger partial charge is 0.371 e. The van der Waals surface area contributed by atoms with Crippen LogP contribution in [0.1, 0.15) is 23.3 Å². The summed E-state index contributed by atoms with van der Waals surface area (Å²) in [5.41, 5.74) is 4.08. The first kappa shape index (κ1) is 13.8. The maximum atomic E-state index is 12.1. The van der Waals surface area contributed by atoms with Crippen LogP contribution in [0.5, 0.6) is 0 Å². The fourth-order valence-electron chi connectivity index (χ4n) is 2.23. The predicted octanol–water partition coefficient (Wildman–Crippen LogP) is 2.16. The van der Waals surface area contributed by atoms with Gasteiger partial charge in [0.05, 0.1) is 0 Å². The van der Waals surface area contributed by atoms with Crippen molar-refractivity contribution in [2.24, 2.45) is 5.10 Å². The van der Waals surface area contributed by atoms with E-state index in [4.69, 9.17) is 0 Å². The Bertz CT molecular complexity index is 521. The van der Waals surface area contributed by atoms with Crippen LogP contribution in [-0.2, 0) is 0 Å². The van der Waals surface area contributed by atoms with Gasteiger partial charge < -0.3 is 4.90 Å². The number of nitrogens with zero attached hydrogens (tertiary/aromatic N) is 3. The third kappa shape index (κ3) is 3.27. The van der Waals surface area contributed by atoms with Crippen LogP contribution < -0.4 is 10.3 Å². The number of pyridine rings is 1. The fourth-order valence-corrected chi connectivity index (χ4v) is 4.30. The van der Waals surface area contributed by atoms with Gasteiger partial charge >= 0.3 is 0 Å². The normalized spacial score (nSPS) is 18.4. The molecule has 0 radical (unpaired) electrons. The molecule has 0 saturated carbocycles. The predicted molar refractivity (Wildman–Crippen MR) is 85.5 cm³/mol. The Morgan fingerprint density at radius 3 is 2.80 bits per heavy atom. The Labute approximate surface area is 126 Å². The lowest BCUT2D eigenvalue weighted by atomic mass is 10.3. The lowest BCUT2D eigenvalue weighted by Crippen LogP contribution is -2.22. The number of anilines is 1. The number of carbonyl (C=O) groups excluding carboxylic acids is 1. The third-order valence-electron chi connectivity index (χ3n) is 3.23. The molecule has 0 spiro atoms. The standard InChI is InChI=1S/C13H16N4OS2/c18-12(15-16-13-19-7-8-20-13)11-9-10(3-4-14-11)17-5-1-2-6-17/h3-4,9H,1-2,5-8H2,(H,15,18). The van der Waals surface area contributed by atoms with Crippen molar-refractivity contribution in [2.75, 3.05) is 29.5 Å². The topological polar surface area (TPSA) is 57.6 Å². The number of aromatic nitrogens is 1. The number of hydrazone groups is 1. The smallest absolute Gasteiger partial charge is 0.290 e. The molecule has 0 bridgehead atoms. The Kier molecular flexibility index (Phi) is 4.47.